The van der Waals surface area contributed by atoms with Gasteiger partial charge in [0, 0.05) is 5.57 Å². The molecule has 1 aliphatic rings. The number of nitrogens with two attached hydrogens (primary N) is 1. The fourth-order valence-corrected chi connectivity index (χ4v) is 1.33. The molecule has 0 radical (unpaired) electrons. The van der Waals surface area contributed by atoms with Gasteiger partial charge in [0.15, 0.2) is 6.23 Å². The summed E-state index contributed by atoms with van der Waals surface area (Å²) in [7, 11) is 0. The quantitative estimate of drug-likeness (QED) is 0.704. The Morgan fingerprint density at radius 1 is 1.15 bits per heavy atom. The van der Waals surface area contributed by atoms with Crippen molar-refractivity contribution in [1.29, 1.82) is 0 Å². The van der Waals surface area contributed by atoms with Crippen LogP contribution in [0.3, 0.4) is 0 Å². The molecule has 0 aromatic heterocycles. The minimum absolute atomic E-state index is 0.340. The maximum absolute atomic E-state index is 5.77. The zero-order valence-corrected chi connectivity index (χ0v) is 7.18. The molecule has 2 rings (SSSR count). The van der Waals surface area contributed by atoms with Crippen LogP contribution >= 0.6 is 0 Å². The Labute approximate surface area is 77.3 Å². The van der Waals surface area contributed by atoms with Gasteiger partial charge >= 0.3 is 0 Å². The summed E-state index contributed by atoms with van der Waals surface area (Å²) in [5.74, 6) is 0. The first-order chi connectivity index (χ1) is 6.38. The lowest BCUT2D eigenvalue weighted by atomic mass is 10.0. The van der Waals surface area contributed by atoms with Crippen molar-refractivity contribution in [3.05, 3.63) is 54.3 Å². The number of benzene rings is 1. The molecule has 0 bridgehead atoms. The van der Waals surface area contributed by atoms with Crippen LogP contribution in [-0.2, 0) is 4.74 Å². The lowest BCUT2D eigenvalue weighted by Gasteiger charge is -2.18. The van der Waals surface area contributed by atoms with Gasteiger partial charge in [0.05, 0.1) is 6.26 Å². The van der Waals surface area contributed by atoms with Gasteiger partial charge in [-0.05, 0) is 11.6 Å². The average molecular weight is 173 g/mol. The predicted octanol–water partition coefficient (Wildman–Crippen LogP) is 1.90. The van der Waals surface area contributed by atoms with Crippen molar-refractivity contribution in [3.8, 4) is 0 Å². The number of ether oxygens (including phenoxy) is 1. The van der Waals surface area contributed by atoms with Crippen molar-refractivity contribution in [1.82, 2.24) is 0 Å². The molecule has 0 amide bonds. The highest BCUT2D eigenvalue weighted by molar-refractivity contribution is 5.70. The number of rotatable bonds is 1. The smallest absolute Gasteiger partial charge is 0.173 e. The highest BCUT2D eigenvalue weighted by Crippen LogP contribution is 2.20. The van der Waals surface area contributed by atoms with Crippen LogP contribution < -0.4 is 5.73 Å². The van der Waals surface area contributed by atoms with Gasteiger partial charge in [-0.2, -0.15) is 0 Å². The zero-order chi connectivity index (χ0) is 9.10. The predicted molar refractivity (Wildman–Crippen MR) is 52.6 cm³/mol. The van der Waals surface area contributed by atoms with E-state index in [0.29, 0.717) is 0 Å². The summed E-state index contributed by atoms with van der Waals surface area (Å²) in [6, 6.07) is 10.00. The Bertz CT molecular complexity index is 340. The fraction of sp³-hybridized carbons (Fsp3) is 0.0909. The molecular weight excluding hydrogens is 162 g/mol. The van der Waals surface area contributed by atoms with Crippen molar-refractivity contribution in [2.75, 3.05) is 0 Å². The lowest BCUT2D eigenvalue weighted by molar-refractivity contribution is 0.198. The molecule has 1 aromatic rings. The molecule has 2 N–H and O–H groups in total. The molecular formula is C11H11NO. The van der Waals surface area contributed by atoms with Crippen LogP contribution in [-0.4, -0.2) is 6.23 Å². The number of allylic oxidation sites excluding steroid dienone is 2. The normalized spacial score (nSPS) is 20.7. The van der Waals surface area contributed by atoms with Gasteiger partial charge in [0.1, 0.15) is 0 Å². The van der Waals surface area contributed by atoms with E-state index in [1.807, 2.05) is 42.5 Å². The summed E-state index contributed by atoms with van der Waals surface area (Å²) in [5, 5.41) is 0. The molecule has 1 atom stereocenters. The van der Waals surface area contributed by atoms with E-state index in [1.165, 1.54) is 0 Å². The molecule has 0 spiro atoms. The third-order valence-electron chi connectivity index (χ3n) is 1.99. The second kappa shape index (κ2) is 3.46. The standard InChI is InChI=1S/C11H11NO/c12-11-10(7-4-8-13-11)9-5-2-1-3-6-9/h1-8,11H,12H2. The van der Waals surface area contributed by atoms with Crippen molar-refractivity contribution in [2.45, 2.75) is 6.23 Å². The Kier molecular flexibility index (Phi) is 2.15. The maximum Gasteiger partial charge on any atom is 0.173 e. The maximum atomic E-state index is 5.77. The Morgan fingerprint density at radius 2 is 1.92 bits per heavy atom. The fourth-order valence-electron chi connectivity index (χ4n) is 1.33. The van der Waals surface area contributed by atoms with Crippen molar-refractivity contribution < 1.29 is 4.74 Å². The summed E-state index contributed by atoms with van der Waals surface area (Å²) >= 11 is 0. The summed E-state index contributed by atoms with van der Waals surface area (Å²) in [6.07, 6.45) is 5.10. The first kappa shape index (κ1) is 8.08. The average Bonchev–Trinajstić information content (AvgIpc) is 2.20. The van der Waals surface area contributed by atoms with Crippen LogP contribution in [0, 0.1) is 0 Å². The molecule has 13 heavy (non-hydrogen) atoms. The van der Waals surface area contributed by atoms with Crippen LogP contribution in [0.15, 0.2) is 48.7 Å². The van der Waals surface area contributed by atoms with Crippen LogP contribution in [0.2, 0.25) is 0 Å². The molecule has 66 valence electrons. The zero-order valence-electron chi connectivity index (χ0n) is 7.18. The minimum atomic E-state index is -0.340. The second-order valence-electron chi connectivity index (χ2n) is 2.87. The summed E-state index contributed by atoms with van der Waals surface area (Å²) in [4.78, 5) is 0. The molecule has 1 aromatic carbocycles. The van der Waals surface area contributed by atoms with E-state index in [1.54, 1.807) is 6.26 Å². The van der Waals surface area contributed by atoms with Crippen LogP contribution in [0.1, 0.15) is 5.56 Å². The molecule has 1 unspecified atom stereocenters. The number of hydrogen-bond acceptors (Lipinski definition) is 2. The topological polar surface area (TPSA) is 35.2 Å². The van der Waals surface area contributed by atoms with E-state index in [-0.39, 0.29) is 6.23 Å². The summed E-state index contributed by atoms with van der Waals surface area (Å²) < 4.78 is 5.17. The van der Waals surface area contributed by atoms with E-state index in [0.717, 1.165) is 11.1 Å². The molecule has 1 aliphatic heterocycles. The van der Waals surface area contributed by atoms with E-state index in [4.69, 9.17) is 10.5 Å². The molecule has 2 heteroatoms. The summed E-state index contributed by atoms with van der Waals surface area (Å²) in [5.41, 5.74) is 7.90. The Hall–Kier alpha value is -1.54. The summed E-state index contributed by atoms with van der Waals surface area (Å²) in [6.45, 7) is 0. The number of hydrogen-bond donors (Lipinski definition) is 1. The Morgan fingerprint density at radius 3 is 2.62 bits per heavy atom. The SMILES string of the molecule is NC1OC=CC=C1c1ccccc1. The van der Waals surface area contributed by atoms with E-state index in [9.17, 15) is 0 Å². The third-order valence-corrected chi connectivity index (χ3v) is 1.99. The molecule has 0 fully saturated rings. The van der Waals surface area contributed by atoms with Crippen LogP contribution in [0.4, 0.5) is 0 Å². The van der Waals surface area contributed by atoms with Gasteiger partial charge in [0.2, 0.25) is 0 Å². The first-order valence-electron chi connectivity index (χ1n) is 4.21. The lowest BCUT2D eigenvalue weighted by Crippen LogP contribution is -2.24. The van der Waals surface area contributed by atoms with Gasteiger partial charge in [-0.3, -0.25) is 5.73 Å². The van der Waals surface area contributed by atoms with Gasteiger partial charge in [-0.15, -0.1) is 0 Å². The Balaban J connectivity index is 2.35. The van der Waals surface area contributed by atoms with E-state index < -0.39 is 0 Å². The monoisotopic (exact) mass is 173 g/mol. The largest absolute Gasteiger partial charge is 0.479 e. The van der Waals surface area contributed by atoms with Gasteiger partial charge < -0.3 is 4.74 Å². The minimum Gasteiger partial charge on any atom is -0.479 e. The highest BCUT2D eigenvalue weighted by Gasteiger charge is 2.12. The third kappa shape index (κ3) is 1.63. The molecule has 0 aliphatic carbocycles. The van der Waals surface area contributed by atoms with E-state index >= 15 is 0 Å². The highest BCUT2D eigenvalue weighted by atomic mass is 16.5. The molecule has 0 saturated heterocycles. The van der Waals surface area contributed by atoms with Crippen LogP contribution in [0.5, 0.6) is 0 Å². The van der Waals surface area contributed by atoms with Crippen molar-refractivity contribution >= 4 is 5.57 Å². The molecule has 1 heterocycles. The second-order valence-corrected chi connectivity index (χ2v) is 2.87. The molecule has 0 saturated carbocycles. The van der Waals surface area contributed by atoms with Gasteiger partial charge in [0.25, 0.3) is 0 Å². The van der Waals surface area contributed by atoms with Gasteiger partial charge in [-0.25, -0.2) is 0 Å². The van der Waals surface area contributed by atoms with Crippen molar-refractivity contribution in [3.63, 3.8) is 0 Å². The van der Waals surface area contributed by atoms with E-state index in [2.05, 4.69) is 0 Å². The van der Waals surface area contributed by atoms with Crippen LogP contribution in [0.25, 0.3) is 5.57 Å². The molecule has 2 nitrogen and oxygen atoms in total. The first-order valence-corrected chi connectivity index (χ1v) is 4.21. The van der Waals surface area contributed by atoms with Gasteiger partial charge in [-0.1, -0.05) is 36.4 Å². The van der Waals surface area contributed by atoms with Crippen molar-refractivity contribution in [2.24, 2.45) is 5.73 Å².